The minimum absolute atomic E-state index is 0.0321. The van der Waals surface area contributed by atoms with E-state index >= 15 is 0 Å². The van der Waals surface area contributed by atoms with Crippen molar-refractivity contribution in [2.75, 3.05) is 5.73 Å². The maximum Gasteiger partial charge on any atom is 0.253 e. The number of thiophene rings is 1. The molecule has 4 N–H and O–H groups in total. The number of anilines is 1. The molecule has 1 amide bonds. The maximum atomic E-state index is 12.0. The Morgan fingerprint density at radius 1 is 1.42 bits per heavy atom. The molecule has 2 rings (SSSR count). The highest BCUT2D eigenvalue weighted by Gasteiger charge is 2.11. The van der Waals surface area contributed by atoms with Crippen LogP contribution in [0.5, 0.6) is 5.75 Å². The number of hydrogen-bond donors (Lipinski definition) is 3. The van der Waals surface area contributed by atoms with Gasteiger partial charge < -0.3 is 16.2 Å². The standard InChI is InChI=1S/C14H16N2O2S/c1-2-9-5-6-19-13(9)8-16-14(18)11-7-10(17)3-4-12(11)15/h3-7,17H,2,8,15H2,1H3,(H,16,18). The number of phenolic OH excluding ortho intramolecular Hbond substituents is 1. The number of carbonyl (C=O) groups excluding carboxylic acids is 1. The monoisotopic (exact) mass is 276 g/mol. The van der Waals surface area contributed by atoms with Crippen molar-refractivity contribution >= 4 is 22.9 Å². The van der Waals surface area contributed by atoms with Crippen LogP contribution in [-0.4, -0.2) is 11.0 Å². The highest BCUT2D eigenvalue weighted by Crippen LogP contribution is 2.20. The lowest BCUT2D eigenvalue weighted by Gasteiger charge is -2.08. The number of carbonyl (C=O) groups is 1. The van der Waals surface area contributed by atoms with Crippen LogP contribution in [-0.2, 0) is 13.0 Å². The fourth-order valence-electron chi connectivity index (χ4n) is 1.83. The van der Waals surface area contributed by atoms with Gasteiger partial charge in [0, 0.05) is 10.6 Å². The Hall–Kier alpha value is -2.01. The van der Waals surface area contributed by atoms with E-state index < -0.39 is 0 Å². The summed E-state index contributed by atoms with van der Waals surface area (Å²) in [5, 5.41) is 14.2. The van der Waals surface area contributed by atoms with Gasteiger partial charge in [-0.1, -0.05) is 6.92 Å². The number of nitrogens with two attached hydrogens (primary N) is 1. The number of rotatable bonds is 4. The minimum atomic E-state index is -0.274. The molecule has 0 aliphatic heterocycles. The van der Waals surface area contributed by atoms with Gasteiger partial charge >= 0.3 is 0 Å². The predicted octanol–water partition coefficient (Wildman–Crippen LogP) is 2.53. The van der Waals surface area contributed by atoms with E-state index in [0.717, 1.165) is 11.3 Å². The number of nitrogen functional groups attached to an aromatic ring is 1. The summed E-state index contributed by atoms with van der Waals surface area (Å²) in [5.74, 6) is -0.242. The Balaban J connectivity index is 2.07. The third-order valence-corrected chi connectivity index (χ3v) is 3.87. The zero-order valence-corrected chi connectivity index (χ0v) is 11.5. The first-order chi connectivity index (χ1) is 9.11. The van der Waals surface area contributed by atoms with Gasteiger partial charge in [-0.3, -0.25) is 4.79 Å². The van der Waals surface area contributed by atoms with Gasteiger partial charge in [0.1, 0.15) is 5.75 Å². The Morgan fingerprint density at radius 3 is 2.95 bits per heavy atom. The third-order valence-electron chi connectivity index (χ3n) is 2.91. The molecule has 0 aliphatic rings. The second-order valence-corrected chi connectivity index (χ2v) is 5.18. The molecule has 5 heteroatoms. The Labute approximate surface area is 115 Å². The lowest BCUT2D eigenvalue weighted by molar-refractivity contribution is 0.0951. The van der Waals surface area contributed by atoms with Gasteiger partial charge in [0.25, 0.3) is 5.91 Å². The molecule has 0 saturated carbocycles. The molecule has 1 heterocycles. The maximum absolute atomic E-state index is 12.0. The van der Waals surface area contributed by atoms with Crippen molar-refractivity contribution in [3.05, 3.63) is 45.6 Å². The summed E-state index contributed by atoms with van der Waals surface area (Å²) in [4.78, 5) is 13.2. The zero-order valence-electron chi connectivity index (χ0n) is 10.6. The quantitative estimate of drug-likeness (QED) is 0.593. The largest absolute Gasteiger partial charge is 0.508 e. The van der Waals surface area contributed by atoms with Crippen LogP contribution in [0.25, 0.3) is 0 Å². The molecule has 0 saturated heterocycles. The van der Waals surface area contributed by atoms with E-state index in [0.29, 0.717) is 17.8 Å². The normalized spacial score (nSPS) is 10.4. The van der Waals surface area contributed by atoms with E-state index in [2.05, 4.69) is 18.3 Å². The van der Waals surface area contributed by atoms with E-state index in [-0.39, 0.29) is 11.7 Å². The van der Waals surface area contributed by atoms with Crippen LogP contribution in [0.15, 0.2) is 29.6 Å². The molecule has 0 unspecified atom stereocenters. The van der Waals surface area contributed by atoms with Crippen molar-refractivity contribution < 1.29 is 9.90 Å². The summed E-state index contributed by atoms with van der Waals surface area (Å²) in [6.45, 7) is 2.56. The number of aromatic hydroxyl groups is 1. The van der Waals surface area contributed by atoms with Crippen LogP contribution >= 0.6 is 11.3 Å². The average Bonchev–Trinajstić information content (AvgIpc) is 2.86. The second-order valence-electron chi connectivity index (χ2n) is 4.18. The third kappa shape index (κ3) is 3.06. The van der Waals surface area contributed by atoms with Gasteiger partial charge in [0.2, 0.25) is 0 Å². The molecule has 4 nitrogen and oxygen atoms in total. The van der Waals surface area contributed by atoms with Crippen molar-refractivity contribution in [2.45, 2.75) is 19.9 Å². The van der Waals surface area contributed by atoms with Gasteiger partial charge in [-0.25, -0.2) is 0 Å². The average molecular weight is 276 g/mol. The van der Waals surface area contributed by atoms with Crippen LogP contribution in [0.4, 0.5) is 5.69 Å². The first-order valence-electron chi connectivity index (χ1n) is 6.03. The van der Waals surface area contributed by atoms with Gasteiger partial charge in [-0.05, 0) is 41.6 Å². The first kappa shape index (κ1) is 13.4. The van der Waals surface area contributed by atoms with Crippen LogP contribution in [0.1, 0.15) is 27.7 Å². The van der Waals surface area contributed by atoms with E-state index in [1.54, 1.807) is 11.3 Å². The Bertz CT molecular complexity index is 593. The molecule has 2 aromatic rings. The first-order valence-corrected chi connectivity index (χ1v) is 6.91. The van der Waals surface area contributed by atoms with Gasteiger partial charge in [-0.15, -0.1) is 11.3 Å². The molecule has 0 bridgehead atoms. The second kappa shape index (κ2) is 5.75. The van der Waals surface area contributed by atoms with Crippen molar-refractivity contribution in [3.8, 4) is 5.75 Å². The summed E-state index contributed by atoms with van der Waals surface area (Å²) >= 11 is 1.62. The fraction of sp³-hybridized carbons (Fsp3) is 0.214. The lowest BCUT2D eigenvalue weighted by Crippen LogP contribution is -2.23. The molecular formula is C14H16N2O2S. The summed E-state index contributed by atoms with van der Waals surface area (Å²) in [7, 11) is 0. The SMILES string of the molecule is CCc1ccsc1CNC(=O)c1cc(O)ccc1N. The van der Waals surface area contributed by atoms with Crippen LogP contribution in [0.2, 0.25) is 0 Å². The smallest absolute Gasteiger partial charge is 0.253 e. The summed E-state index contributed by atoms with van der Waals surface area (Å²) in [6, 6.07) is 6.42. The minimum Gasteiger partial charge on any atom is -0.508 e. The molecule has 0 fully saturated rings. The topological polar surface area (TPSA) is 75.3 Å². The number of nitrogens with one attached hydrogen (secondary N) is 1. The number of aryl methyl sites for hydroxylation is 1. The van der Waals surface area contributed by atoms with E-state index in [9.17, 15) is 9.90 Å². The summed E-state index contributed by atoms with van der Waals surface area (Å²) in [5.41, 5.74) is 7.63. The summed E-state index contributed by atoms with van der Waals surface area (Å²) in [6.07, 6.45) is 0.947. The molecule has 0 aliphatic carbocycles. The zero-order chi connectivity index (χ0) is 13.8. The van der Waals surface area contributed by atoms with Gasteiger partial charge in [0.05, 0.1) is 12.1 Å². The van der Waals surface area contributed by atoms with E-state index in [1.165, 1.54) is 23.8 Å². The molecule has 1 aromatic heterocycles. The fourth-order valence-corrected chi connectivity index (χ4v) is 2.75. The van der Waals surface area contributed by atoms with Crippen molar-refractivity contribution in [1.82, 2.24) is 5.32 Å². The summed E-state index contributed by atoms with van der Waals surface area (Å²) < 4.78 is 0. The molecule has 0 radical (unpaired) electrons. The van der Waals surface area contributed by atoms with Crippen molar-refractivity contribution in [3.63, 3.8) is 0 Å². The van der Waals surface area contributed by atoms with Gasteiger partial charge in [0.15, 0.2) is 0 Å². The van der Waals surface area contributed by atoms with Gasteiger partial charge in [-0.2, -0.15) is 0 Å². The van der Waals surface area contributed by atoms with E-state index in [1.807, 2.05) is 5.38 Å². The number of phenols is 1. The van der Waals surface area contributed by atoms with Crippen molar-refractivity contribution in [2.24, 2.45) is 0 Å². The molecule has 100 valence electrons. The number of amides is 1. The predicted molar refractivity (Wildman–Crippen MR) is 77.4 cm³/mol. The highest BCUT2D eigenvalue weighted by atomic mass is 32.1. The Morgan fingerprint density at radius 2 is 2.21 bits per heavy atom. The Kier molecular flexibility index (Phi) is 4.06. The number of benzene rings is 1. The lowest BCUT2D eigenvalue weighted by atomic mass is 10.1. The molecule has 0 spiro atoms. The molecule has 0 atom stereocenters. The number of hydrogen-bond acceptors (Lipinski definition) is 4. The van der Waals surface area contributed by atoms with Crippen LogP contribution in [0, 0.1) is 0 Å². The molecular weight excluding hydrogens is 260 g/mol. The van der Waals surface area contributed by atoms with Crippen LogP contribution < -0.4 is 11.1 Å². The molecule has 1 aromatic carbocycles. The van der Waals surface area contributed by atoms with E-state index in [4.69, 9.17) is 5.73 Å². The van der Waals surface area contributed by atoms with Crippen molar-refractivity contribution in [1.29, 1.82) is 0 Å². The van der Waals surface area contributed by atoms with Crippen LogP contribution in [0.3, 0.4) is 0 Å². The highest BCUT2D eigenvalue weighted by molar-refractivity contribution is 7.10. The molecule has 19 heavy (non-hydrogen) atoms.